The normalized spacial score (nSPS) is 20.4. The highest BCUT2D eigenvalue weighted by atomic mass is 16.5. The Labute approximate surface area is 113 Å². The Hall–Kier alpha value is -1.81. The van der Waals surface area contributed by atoms with E-state index in [0.29, 0.717) is 12.0 Å². The topological polar surface area (TPSA) is 49.9 Å². The van der Waals surface area contributed by atoms with Crippen LogP contribution in [0.3, 0.4) is 0 Å². The molecule has 4 nitrogen and oxygen atoms in total. The first-order valence-electron chi connectivity index (χ1n) is 6.77. The molecule has 0 radical (unpaired) electrons. The number of hydrogen-bond acceptors (Lipinski definition) is 3. The number of anilines is 1. The minimum atomic E-state index is 0.445. The van der Waals surface area contributed by atoms with E-state index in [4.69, 9.17) is 4.74 Å². The summed E-state index contributed by atoms with van der Waals surface area (Å²) < 4.78 is 5.43. The van der Waals surface area contributed by atoms with Gasteiger partial charge in [0.2, 0.25) is 0 Å². The second-order valence-corrected chi connectivity index (χ2v) is 5.10. The van der Waals surface area contributed by atoms with Gasteiger partial charge in [0.15, 0.2) is 0 Å². The lowest BCUT2D eigenvalue weighted by atomic mass is 10.0. The van der Waals surface area contributed by atoms with Crippen molar-refractivity contribution in [1.29, 1.82) is 0 Å². The van der Waals surface area contributed by atoms with Crippen LogP contribution < -0.4 is 5.32 Å². The van der Waals surface area contributed by atoms with E-state index in [1.54, 1.807) is 6.20 Å². The Morgan fingerprint density at radius 1 is 1.32 bits per heavy atom. The lowest BCUT2D eigenvalue weighted by Gasteiger charge is -2.20. The molecule has 2 unspecified atom stereocenters. The molecule has 0 bridgehead atoms. The highest BCUT2D eigenvalue weighted by Crippen LogP contribution is 2.22. The number of nitrogens with zero attached hydrogens (tertiary/aromatic N) is 1. The molecular formula is C15H19N3O. The molecule has 0 aliphatic carbocycles. The van der Waals surface area contributed by atoms with Crippen molar-refractivity contribution in [2.45, 2.75) is 19.4 Å². The third-order valence-electron chi connectivity index (χ3n) is 3.76. The Morgan fingerprint density at radius 2 is 2.16 bits per heavy atom. The zero-order chi connectivity index (χ0) is 13.1. The summed E-state index contributed by atoms with van der Waals surface area (Å²) in [5.41, 5.74) is 3.35. The van der Waals surface area contributed by atoms with Crippen LogP contribution in [0.1, 0.15) is 13.3 Å². The van der Waals surface area contributed by atoms with Crippen molar-refractivity contribution in [2.75, 3.05) is 18.5 Å². The summed E-state index contributed by atoms with van der Waals surface area (Å²) >= 11 is 0. The zero-order valence-electron chi connectivity index (χ0n) is 11.1. The fourth-order valence-electron chi connectivity index (χ4n) is 2.49. The van der Waals surface area contributed by atoms with E-state index < -0.39 is 0 Å². The van der Waals surface area contributed by atoms with Crippen LogP contribution in [0.2, 0.25) is 0 Å². The highest BCUT2D eigenvalue weighted by Gasteiger charge is 2.21. The Balaban J connectivity index is 1.65. The molecule has 100 valence electrons. The van der Waals surface area contributed by atoms with Gasteiger partial charge in [-0.15, -0.1) is 0 Å². The van der Waals surface area contributed by atoms with Gasteiger partial charge in [-0.25, -0.2) is 0 Å². The Kier molecular flexibility index (Phi) is 3.51. The van der Waals surface area contributed by atoms with Crippen LogP contribution in [0.25, 0.3) is 11.3 Å². The third-order valence-corrected chi connectivity index (χ3v) is 3.76. The molecule has 1 saturated heterocycles. The van der Waals surface area contributed by atoms with Gasteiger partial charge in [0.1, 0.15) is 0 Å². The molecule has 2 N–H and O–H groups in total. The molecule has 2 heterocycles. The van der Waals surface area contributed by atoms with Crippen LogP contribution >= 0.6 is 0 Å². The van der Waals surface area contributed by atoms with Crippen molar-refractivity contribution in [3.8, 4) is 11.3 Å². The number of benzene rings is 1. The number of nitrogens with one attached hydrogen (secondary N) is 2. The molecule has 4 heteroatoms. The summed E-state index contributed by atoms with van der Waals surface area (Å²) in [6.07, 6.45) is 2.92. The van der Waals surface area contributed by atoms with Crippen LogP contribution in [0.4, 0.5) is 5.69 Å². The molecule has 2 atom stereocenters. The molecule has 0 spiro atoms. The minimum absolute atomic E-state index is 0.445. The van der Waals surface area contributed by atoms with Crippen molar-refractivity contribution >= 4 is 5.69 Å². The lowest BCUT2D eigenvalue weighted by molar-refractivity contribution is 0.183. The summed E-state index contributed by atoms with van der Waals surface area (Å²) in [4.78, 5) is 0. The number of aromatic amines is 1. The van der Waals surface area contributed by atoms with Crippen molar-refractivity contribution in [3.63, 3.8) is 0 Å². The standard InChI is InChI=1S/C15H19N3O/c1-11(13-7-9-19-10-13)17-14-4-2-12(3-5-14)15-6-8-16-18-15/h2-6,8,11,13,17H,7,9-10H2,1H3,(H,16,18). The average Bonchev–Trinajstić information content (AvgIpc) is 3.13. The first kappa shape index (κ1) is 12.2. The number of H-pyrrole nitrogens is 1. The SMILES string of the molecule is CC(Nc1ccc(-c2ccn[nH]2)cc1)C1CCOC1. The van der Waals surface area contributed by atoms with Crippen LogP contribution in [-0.2, 0) is 4.74 Å². The predicted octanol–water partition coefficient (Wildman–Crippen LogP) is 2.91. The van der Waals surface area contributed by atoms with Crippen LogP contribution in [0.15, 0.2) is 36.5 Å². The summed E-state index contributed by atoms with van der Waals surface area (Å²) in [7, 11) is 0. The van der Waals surface area contributed by atoms with Gasteiger partial charge in [0.25, 0.3) is 0 Å². The monoisotopic (exact) mass is 257 g/mol. The van der Waals surface area contributed by atoms with Crippen LogP contribution in [0.5, 0.6) is 0 Å². The zero-order valence-corrected chi connectivity index (χ0v) is 11.1. The molecule has 1 aromatic heterocycles. The number of rotatable bonds is 4. The van der Waals surface area contributed by atoms with Crippen LogP contribution in [0, 0.1) is 5.92 Å². The molecule has 19 heavy (non-hydrogen) atoms. The number of ether oxygens (including phenoxy) is 1. The van der Waals surface area contributed by atoms with Gasteiger partial charge in [0, 0.05) is 30.5 Å². The average molecular weight is 257 g/mol. The van der Waals surface area contributed by atoms with Gasteiger partial charge < -0.3 is 10.1 Å². The smallest absolute Gasteiger partial charge is 0.0650 e. The summed E-state index contributed by atoms with van der Waals surface area (Å²) in [6.45, 7) is 4.00. The van der Waals surface area contributed by atoms with E-state index in [2.05, 4.69) is 46.7 Å². The van der Waals surface area contributed by atoms with E-state index in [9.17, 15) is 0 Å². The second kappa shape index (κ2) is 5.45. The molecule has 3 rings (SSSR count). The maximum Gasteiger partial charge on any atom is 0.0650 e. The Morgan fingerprint density at radius 3 is 2.79 bits per heavy atom. The van der Waals surface area contributed by atoms with Gasteiger partial charge >= 0.3 is 0 Å². The maximum atomic E-state index is 5.43. The summed E-state index contributed by atoms with van der Waals surface area (Å²) in [5, 5.41) is 10.5. The van der Waals surface area contributed by atoms with Gasteiger partial charge in [-0.1, -0.05) is 12.1 Å². The van der Waals surface area contributed by atoms with E-state index in [1.807, 2.05) is 6.07 Å². The molecule has 1 aliphatic heterocycles. The van der Waals surface area contributed by atoms with Gasteiger partial charge in [0.05, 0.1) is 12.3 Å². The minimum Gasteiger partial charge on any atom is -0.382 e. The molecule has 1 fully saturated rings. The highest BCUT2D eigenvalue weighted by molar-refractivity contribution is 5.62. The molecule has 0 amide bonds. The fraction of sp³-hybridized carbons (Fsp3) is 0.400. The second-order valence-electron chi connectivity index (χ2n) is 5.10. The van der Waals surface area contributed by atoms with E-state index in [0.717, 1.165) is 36.6 Å². The third kappa shape index (κ3) is 2.79. The van der Waals surface area contributed by atoms with Gasteiger partial charge in [-0.05, 0) is 37.1 Å². The number of aromatic nitrogens is 2. The van der Waals surface area contributed by atoms with E-state index in [-0.39, 0.29) is 0 Å². The molecule has 1 aliphatic rings. The molecule has 2 aromatic rings. The fourth-order valence-corrected chi connectivity index (χ4v) is 2.49. The first-order valence-corrected chi connectivity index (χ1v) is 6.77. The van der Waals surface area contributed by atoms with Crippen molar-refractivity contribution in [1.82, 2.24) is 10.2 Å². The lowest BCUT2D eigenvalue weighted by Crippen LogP contribution is -2.25. The maximum absolute atomic E-state index is 5.43. The summed E-state index contributed by atoms with van der Waals surface area (Å²) in [5.74, 6) is 0.618. The summed E-state index contributed by atoms with van der Waals surface area (Å²) in [6, 6.07) is 10.9. The Bertz CT molecular complexity index is 501. The quantitative estimate of drug-likeness (QED) is 0.885. The van der Waals surface area contributed by atoms with Crippen molar-refractivity contribution < 1.29 is 4.74 Å². The molecule has 0 saturated carbocycles. The van der Waals surface area contributed by atoms with Crippen LogP contribution in [-0.4, -0.2) is 29.5 Å². The van der Waals surface area contributed by atoms with Gasteiger partial charge in [-0.2, -0.15) is 5.10 Å². The van der Waals surface area contributed by atoms with Gasteiger partial charge in [-0.3, -0.25) is 5.10 Å². The van der Waals surface area contributed by atoms with E-state index in [1.165, 1.54) is 0 Å². The van der Waals surface area contributed by atoms with Crippen molar-refractivity contribution in [2.24, 2.45) is 5.92 Å². The predicted molar refractivity (Wildman–Crippen MR) is 76.0 cm³/mol. The van der Waals surface area contributed by atoms with Crippen molar-refractivity contribution in [3.05, 3.63) is 36.5 Å². The number of hydrogen-bond donors (Lipinski definition) is 2. The molecular weight excluding hydrogens is 238 g/mol. The van der Waals surface area contributed by atoms with E-state index >= 15 is 0 Å². The first-order chi connectivity index (χ1) is 9.33. The largest absolute Gasteiger partial charge is 0.382 e. The molecule has 1 aromatic carbocycles.